The van der Waals surface area contributed by atoms with Crippen LogP contribution in [0, 0.1) is 0 Å². The number of rotatable bonds is 46. The number of nitrogens with one attached hydrogen (secondary N) is 1. The minimum absolute atomic E-state index is 0.248. The molecule has 8 N–H and O–H groups in total. The first-order chi connectivity index (χ1) is 31.7. The maximum Gasteiger partial charge on any atom is 0.249 e. The zero-order valence-corrected chi connectivity index (χ0v) is 41.7. The fourth-order valence-electron chi connectivity index (χ4n) is 8.75. The third-order valence-electron chi connectivity index (χ3n) is 13.2. The van der Waals surface area contributed by atoms with Crippen molar-refractivity contribution in [1.82, 2.24) is 5.32 Å². The second-order valence-electron chi connectivity index (χ2n) is 19.3. The lowest BCUT2D eigenvalue weighted by Gasteiger charge is -2.40. The number of aliphatic hydroxyl groups is 7. The van der Waals surface area contributed by atoms with E-state index in [9.17, 15) is 40.5 Å². The molecule has 0 radical (unpaired) electrons. The molecule has 1 amide bonds. The number of hydrogen-bond acceptors (Lipinski definition) is 10. The molecule has 0 spiro atoms. The molecule has 0 aliphatic carbocycles. The van der Waals surface area contributed by atoms with Crippen molar-refractivity contribution in [1.29, 1.82) is 0 Å². The topological polar surface area (TPSA) is 189 Å². The molecule has 1 saturated heterocycles. The first-order valence-corrected chi connectivity index (χ1v) is 27.2. The van der Waals surface area contributed by atoms with Crippen molar-refractivity contribution < 1.29 is 50.0 Å². The highest BCUT2D eigenvalue weighted by atomic mass is 16.7. The van der Waals surface area contributed by atoms with E-state index in [2.05, 4.69) is 43.5 Å². The summed E-state index contributed by atoms with van der Waals surface area (Å²) in [5.74, 6) is -0.707. The smallest absolute Gasteiger partial charge is 0.249 e. The highest BCUT2D eigenvalue weighted by molar-refractivity contribution is 5.80. The lowest BCUT2D eigenvalue weighted by molar-refractivity contribution is -0.303. The van der Waals surface area contributed by atoms with Crippen LogP contribution in [0.4, 0.5) is 0 Å². The second kappa shape index (κ2) is 43.8. The average Bonchev–Trinajstić information content (AvgIpc) is 3.31. The molecular weight excluding hydrogens is 823 g/mol. The summed E-state index contributed by atoms with van der Waals surface area (Å²) in [6.07, 6.45) is 39.4. The van der Waals surface area contributed by atoms with E-state index in [-0.39, 0.29) is 12.8 Å². The van der Waals surface area contributed by atoms with Gasteiger partial charge in [0.25, 0.3) is 0 Å². The number of amides is 1. The zero-order valence-electron chi connectivity index (χ0n) is 41.7. The van der Waals surface area contributed by atoms with Gasteiger partial charge < -0.3 is 50.5 Å². The number of allylic oxidation sites excluding steroid dienone is 4. The van der Waals surface area contributed by atoms with Crippen molar-refractivity contribution >= 4 is 5.91 Å². The lowest BCUT2D eigenvalue weighted by Crippen LogP contribution is -2.60. The van der Waals surface area contributed by atoms with Crippen molar-refractivity contribution in [2.75, 3.05) is 13.2 Å². The SMILES string of the molecule is CCCCCCCCCC/C=C/CC/C=C/CCCC(O)C(O)C(COC1OC(CO)C(O)C(O)C1O)NC(=O)C(O)CCCCCCCCCCCCCCCCCCCCCCC. The van der Waals surface area contributed by atoms with Gasteiger partial charge >= 0.3 is 0 Å². The second-order valence-corrected chi connectivity index (χ2v) is 19.3. The minimum Gasteiger partial charge on any atom is -0.394 e. The van der Waals surface area contributed by atoms with Crippen LogP contribution in [0.3, 0.4) is 0 Å². The van der Waals surface area contributed by atoms with Gasteiger partial charge in [-0.15, -0.1) is 0 Å². The Morgan fingerprint density at radius 3 is 1.37 bits per heavy atom. The molecule has 9 unspecified atom stereocenters. The fraction of sp³-hybridized carbons (Fsp3) is 0.907. The van der Waals surface area contributed by atoms with E-state index in [1.54, 1.807) is 0 Å². The molecule has 0 saturated carbocycles. The van der Waals surface area contributed by atoms with Crippen molar-refractivity contribution in [2.45, 2.75) is 300 Å². The monoisotopic (exact) mass is 926 g/mol. The van der Waals surface area contributed by atoms with Gasteiger partial charge in [0.2, 0.25) is 5.91 Å². The van der Waals surface area contributed by atoms with Gasteiger partial charge in [0.1, 0.15) is 36.6 Å². The van der Waals surface area contributed by atoms with Crippen LogP contribution in [0.25, 0.3) is 0 Å². The maximum absolute atomic E-state index is 13.1. The van der Waals surface area contributed by atoms with Crippen LogP contribution < -0.4 is 5.32 Å². The third-order valence-corrected chi connectivity index (χ3v) is 13.2. The van der Waals surface area contributed by atoms with Gasteiger partial charge in [0, 0.05) is 0 Å². The van der Waals surface area contributed by atoms with Gasteiger partial charge in [-0.3, -0.25) is 4.79 Å². The van der Waals surface area contributed by atoms with Crippen LogP contribution >= 0.6 is 0 Å². The van der Waals surface area contributed by atoms with Gasteiger partial charge in [0.05, 0.1) is 25.4 Å². The van der Waals surface area contributed by atoms with Crippen LogP contribution in [0.2, 0.25) is 0 Å². The van der Waals surface area contributed by atoms with Gasteiger partial charge in [-0.25, -0.2) is 0 Å². The van der Waals surface area contributed by atoms with E-state index in [4.69, 9.17) is 9.47 Å². The number of carbonyl (C=O) groups is 1. The summed E-state index contributed by atoms with van der Waals surface area (Å²) >= 11 is 0. The van der Waals surface area contributed by atoms with Crippen LogP contribution in [-0.4, -0.2) is 110 Å². The summed E-state index contributed by atoms with van der Waals surface area (Å²) in [6, 6.07) is -1.19. The van der Waals surface area contributed by atoms with Gasteiger partial charge in [0.15, 0.2) is 6.29 Å². The third kappa shape index (κ3) is 32.9. The number of unbranched alkanes of at least 4 members (excludes halogenated alkanes) is 30. The van der Waals surface area contributed by atoms with Crippen molar-refractivity contribution in [2.24, 2.45) is 0 Å². The summed E-state index contributed by atoms with van der Waals surface area (Å²) in [5.41, 5.74) is 0. The van der Waals surface area contributed by atoms with E-state index < -0.39 is 74.2 Å². The molecule has 65 heavy (non-hydrogen) atoms. The zero-order chi connectivity index (χ0) is 47.6. The minimum atomic E-state index is -1.67. The quantitative estimate of drug-likeness (QED) is 0.0216. The summed E-state index contributed by atoms with van der Waals surface area (Å²) in [5, 5.41) is 75.9. The molecule has 1 fully saturated rings. The molecule has 0 aromatic carbocycles. The van der Waals surface area contributed by atoms with Crippen LogP contribution in [0.15, 0.2) is 24.3 Å². The van der Waals surface area contributed by atoms with Crippen molar-refractivity contribution in [3.8, 4) is 0 Å². The normalized spacial score (nSPS) is 21.0. The number of carbonyl (C=O) groups excluding carboxylic acids is 1. The molecule has 0 aromatic rings. The first kappa shape index (κ1) is 61.6. The molecule has 11 nitrogen and oxygen atoms in total. The first-order valence-electron chi connectivity index (χ1n) is 27.2. The molecule has 0 bridgehead atoms. The Bertz CT molecular complexity index is 1110. The Hall–Kier alpha value is -1.41. The molecule has 11 heteroatoms. The standard InChI is InChI=1S/C54H103NO10/c1-3-5-7-9-11-13-15-17-19-21-22-23-24-26-28-30-32-34-36-38-40-42-47(58)53(63)55-45(44-64-54-52(62)51(61)50(60)48(43-56)65-54)49(59)46(57)41-39-37-35-33-31-29-27-25-20-18-16-14-12-10-8-6-4-2/h25,27,33,35,45-52,54,56-62H,3-24,26,28-32,34,36-44H2,1-2H3,(H,55,63)/b27-25+,35-33+. The number of hydrogen-bond donors (Lipinski definition) is 8. The molecule has 1 aliphatic heterocycles. The van der Waals surface area contributed by atoms with Gasteiger partial charge in [-0.2, -0.15) is 0 Å². The maximum atomic E-state index is 13.1. The lowest BCUT2D eigenvalue weighted by atomic mass is 9.98. The molecular formula is C54H103NO10. The number of aliphatic hydroxyl groups excluding tert-OH is 7. The summed E-state index contributed by atoms with van der Waals surface area (Å²) in [7, 11) is 0. The molecule has 1 rings (SSSR count). The molecule has 0 aromatic heterocycles. The van der Waals surface area contributed by atoms with E-state index in [1.165, 1.54) is 161 Å². The summed E-state index contributed by atoms with van der Waals surface area (Å²) in [6.45, 7) is 3.45. The van der Waals surface area contributed by atoms with E-state index in [0.29, 0.717) is 19.3 Å². The van der Waals surface area contributed by atoms with Gasteiger partial charge in [-0.05, 0) is 51.4 Å². The molecule has 384 valence electrons. The van der Waals surface area contributed by atoms with E-state index >= 15 is 0 Å². The Morgan fingerprint density at radius 1 is 0.523 bits per heavy atom. The van der Waals surface area contributed by atoms with Gasteiger partial charge in [-0.1, -0.05) is 218 Å². The molecule has 1 heterocycles. The highest BCUT2D eigenvalue weighted by Gasteiger charge is 2.44. The van der Waals surface area contributed by atoms with E-state index in [0.717, 1.165) is 38.5 Å². The fourth-order valence-corrected chi connectivity index (χ4v) is 8.75. The Balaban J connectivity index is 2.37. The van der Waals surface area contributed by atoms with Crippen LogP contribution in [-0.2, 0) is 14.3 Å². The van der Waals surface area contributed by atoms with Crippen molar-refractivity contribution in [3.63, 3.8) is 0 Å². The summed E-state index contributed by atoms with van der Waals surface area (Å²) in [4.78, 5) is 13.1. The average molecular weight is 926 g/mol. The summed E-state index contributed by atoms with van der Waals surface area (Å²) < 4.78 is 11.1. The Labute approximate surface area is 397 Å². The van der Waals surface area contributed by atoms with Crippen LogP contribution in [0.1, 0.15) is 245 Å². The van der Waals surface area contributed by atoms with E-state index in [1.807, 2.05) is 0 Å². The molecule has 9 atom stereocenters. The largest absolute Gasteiger partial charge is 0.394 e. The van der Waals surface area contributed by atoms with Crippen molar-refractivity contribution in [3.05, 3.63) is 24.3 Å². The molecule has 1 aliphatic rings. The Kier molecular flexibility index (Phi) is 41.6. The predicted molar refractivity (Wildman–Crippen MR) is 266 cm³/mol. The van der Waals surface area contributed by atoms with Crippen LogP contribution in [0.5, 0.6) is 0 Å². The Morgan fingerprint density at radius 2 is 0.923 bits per heavy atom. The predicted octanol–water partition coefficient (Wildman–Crippen LogP) is 10.6. The number of ether oxygens (including phenoxy) is 2. The highest BCUT2D eigenvalue weighted by Crippen LogP contribution is 2.23.